The van der Waals surface area contributed by atoms with Crippen LogP contribution >= 0.6 is 0 Å². The molecular weight excluding hydrogens is 338 g/mol. The van der Waals surface area contributed by atoms with Gasteiger partial charge in [-0.25, -0.2) is 4.98 Å². The van der Waals surface area contributed by atoms with Crippen molar-refractivity contribution in [1.29, 1.82) is 0 Å². The van der Waals surface area contributed by atoms with E-state index in [0.29, 0.717) is 6.04 Å². The molecule has 2 fully saturated rings. The number of aliphatic hydroxyl groups excluding tert-OH is 1. The molecule has 27 heavy (non-hydrogen) atoms. The van der Waals surface area contributed by atoms with Crippen molar-refractivity contribution in [2.24, 2.45) is 5.92 Å². The number of ether oxygens (including phenoxy) is 1. The zero-order valence-electron chi connectivity index (χ0n) is 16.5. The first-order valence-corrected chi connectivity index (χ1v) is 10.2. The lowest BCUT2D eigenvalue weighted by Crippen LogP contribution is -2.48. The highest BCUT2D eigenvalue weighted by molar-refractivity contribution is 5.82. The Balaban J connectivity index is 1.48. The highest BCUT2D eigenvalue weighted by Gasteiger charge is 2.29. The van der Waals surface area contributed by atoms with Crippen LogP contribution in [-0.4, -0.2) is 60.4 Å². The molecule has 2 aromatic rings. The average molecular weight is 370 g/mol. The highest BCUT2D eigenvalue weighted by atomic mass is 16.5. The molecule has 2 aliphatic rings. The van der Waals surface area contributed by atoms with E-state index in [0.717, 1.165) is 67.6 Å². The van der Waals surface area contributed by atoms with Gasteiger partial charge in [0, 0.05) is 43.2 Å². The summed E-state index contributed by atoms with van der Waals surface area (Å²) < 4.78 is 5.50. The summed E-state index contributed by atoms with van der Waals surface area (Å²) in [4.78, 5) is 9.88. The van der Waals surface area contributed by atoms with Gasteiger partial charge in [0.05, 0.1) is 25.3 Å². The van der Waals surface area contributed by atoms with E-state index in [9.17, 15) is 5.11 Å². The number of hydrogen-bond donors (Lipinski definition) is 1. The standard InChI is InChI=1S/C22H31N3O2/c1-16-3-4-19-14-20(15-26)22(23-21(19)13-16)25-7-5-18(6-8-25)17(2)24-9-11-27-12-10-24/h3-4,13-14,17-18,26H,5-12,15H2,1-2H3. The summed E-state index contributed by atoms with van der Waals surface area (Å²) in [6, 6.07) is 9.04. The number of anilines is 1. The molecule has 5 nitrogen and oxygen atoms in total. The van der Waals surface area contributed by atoms with Crippen LogP contribution in [-0.2, 0) is 11.3 Å². The predicted molar refractivity (Wildman–Crippen MR) is 109 cm³/mol. The largest absolute Gasteiger partial charge is 0.392 e. The molecule has 0 amide bonds. The van der Waals surface area contributed by atoms with E-state index in [1.165, 1.54) is 18.4 Å². The van der Waals surface area contributed by atoms with Crippen LogP contribution in [0.4, 0.5) is 5.82 Å². The first-order chi connectivity index (χ1) is 13.2. The van der Waals surface area contributed by atoms with E-state index in [1.54, 1.807) is 0 Å². The van der Waals surface area contributed by atoms with Gasteiger partial charge >= 0.3 is 0 Å². The lowest BCUT2D eigenvalue weighted by Gasteiger charge is -2.41. The van der Waals surface area contributed by atoms with Crippen LogP contribution in [0.1, 0.15) is 30.9 Å². The summed E-state index contributed by atoms with van der Waals surface area (Å²) in [5, 5.41) is 11.0. The third-order valence-electron chi connectivity index (χ3n) is 6.34. The molecular formula is C22H31N3O2. The van der Waals surface area contributed by atoms with Crippen molar-refractivity contribution in [2.45, 2.75) is 39.3 Å². The molecule has 0 radical (unpaired) electrons. The maximum atomic E-state index is 9.89. The van der Waals surface area contributed by atoms with Crippen LogP contribution in [0.25, 0.3) is 10.9 Å². The molecule has 0 spiro atoms. The minimum atomic E-state index is 0.0380. The number of pyridine rings is 1. The first-order valence-electron chi connectivity index (χ1n) is 10.2. The smallest absolute Gasteiger partial charge is 0.134 e. The molecule has 0 bridgehead atoms. The molecule has 0 aliphatic carbocycles. The van der Waals surface area contributed by atoms with Crippen molar-refractivity contribution in [3.05, 3.63) is 35.4 Å². The zero-order valence-corrected chi connectivity index (χ0v) is 16.5. The second kappa shape index (κ2) is 8.13. The Morgan fingerprint density at radius 2 is 1.89 bits per heavy atom. The van der Waals surface area contributed by atoms with Crippen molar-refractivity contribution < 1.29 is 9.84 Å². The molecule has 2 saturated heterocycles. The number of piperidine rings is 1. The maximum absolute atomic E-state index is 9.89. The summed E-state index contributed by atoms with van der Waals surface area (Å²) in [5.74, 6) is 1.69. The SMILES string of the molecule is Cc1ccc2cc(CO)c(N3CCC(C(C)N4CCOCC4)CC3)nc2c1. The fraction of sp³-hybridized carbons (Fsp3) is 0.591. The van der Waals surface area contributed by atoms with E-state index < -0.39 is 0 Å². The molecule has 0 saturated carbocycles. The zero-order chi connectivity index (χ0) is 18.8. The summed E-state index contributed by atoms with van der Waals surface area (Å²) in [6.45, 7) is 10.4. The number of fused-ring (bicyclic) bond motifs is 1. The van der Waals surface area contributed by atoms with Crippen LogP contribution < -0.4 is 4.90 Å². The quantitative estimate of drug-likeness (QED) is 0.898. The Morgan fingerprint density at radius 3 is 2.59 bits per heavy atom. The monoisotopic (exact) mass is 369 g/mol. The third kappa shape index (κ3) is 3.96. The molecule has 2 aliphatic heterocycles. The minimum absolute atomic E-state index is 0.0380. The van der Waals surface area contributed by atoms with Crippen LogP contribution in [0.15, 0.2) is 24.3 Å². The topological polar surface area (TPSA) is 48.8 Å². The van der Waals surface area contributed by atoms with Crippen LogP contribution in [0.2, 0.25) is 0 Å². The van der Waals surface area contributed by atoms with E-state index in [4.69, 9.17) is 9.72 Å². The lowest BCUT2D eigenvalue weighted by atomic mass is 9.89. The Labute approximate surface area is 161 Å². The number of hydrogen-bond acceptors (Lipinski definition) is 5. The van der Waals surface area contributed by atoms with Crippen molar-refractivity contribution >= 4 is 16.7 Å². The number of aryl methyl sites for hydroxylation is 1. The Kier molecular flexibility index (Phi) is 5.62. The number of aromatic nitrogens is 1. The van der Waals surface area contributed by atoms with Gasteiger partial charge in [-0.05, 0) is 50.3 Å². The molecule has 1 unspecified atom stereocenters. The Hall–Kier alpha value is -1.69. The van der Waals surface area contributed by atoms with Crippen molar-refractivity contribution in [1.82, 2.24) is 9.88 Å². The number of aliphatic hydroxyl groups is 1. The van der Waals surface area contributed by atoms with Gasteiger partial charge in [0.1, 0.15) is 5.82 Å². The molecule has 1 N–H and O–H groups in total. The van der Waals surface area contributed by atoms with E-state index >= 15 is 0 Å². The van der Waals surface area contributed by atoms with Gasteiger partial charge in [0.25, 0.3) is 0 Å². The molecule has 5 heteroatoms. The minimum Gasteiger partial charge on any atom is -0.392 e. The third-order valence-corrected chi connectivity index (χ3v) is 6.34. The maximum Gasteiger partial charge on any atom is 0.134 e. The van der Waals surface area contributed by atoms with Crippen LogP contribution in [0.5, 0.6) is 0 Å². The van der Waals surface area contributed by atoms with Crippen LogP contribution in [0, 0.1) is 12.8 Å². The normalized spacial score (nSPS) is 20.9. The fourth-order valence-electron chi connectivity index (χ4n) is 4.58. The Morgan fingerprint density at radius 1 is 1.15 bits per heavy atom. The summed E-state index contributed by atoms with van der Waals surface area (Å²) in [7, 11) is 0. The lowest BCUT2D eigenvalue weighted by molar-refractivity contribution is 0.00447. The molecule has 3 heterocycles. The summed E-state index contributed by atoms with van der Waals surface area (Å²) in [5.41, 5.74) is 3.17. The second-order valence-corrected chi connectivity index (χ2v) is 8.04. The van der Waals surface area contributed by atoms with Crippen molar-refractivity contribution in [2.75, 3.05) is 44.3 Å². The molecule has 4 rings (SSSR count). The second-order valence-electron chi connectivity index (χ2n) is 8.04. The van der Waals surface area contributed by atoms with Gasteiger partial charge in [0.15, 0.2) is 0 Å². The van der Waals surface area contributed by atoms with E-state index in [-0.39, 0.29) is 6.61 Å². The van der Waals surface area contributed by atoms with Gasteiger partial charge in [-0.2, -0.15) is 0 Å². The Bertz CT molecular complexity index is 780. The summed E-state index contributed by atoms with van der Waals surface area (Å²) >= 11 is 0. The molecule has 146 valence electrons. The number of benzene rings is 1. The first kappa shape index (κ1) is 18.7. The molecule has 1 aromatic carbocycles. The van der Waals surface area contributed by atoms with Gasteiger partial charge in [0.2, 0.25) is 0 Å². The molecule has 1 atom stereocenters. The van der Waals surface area contributed by atoms with Gasteiger partial charge in [-0.15, -0.1) is 0 Å². The number of nitrogens with zero attached hydrogens (tertiary/aromatic N) is 3. The van der Waals surface area contributed by atoms with Crippen molar-refractivity contribution in [3.8, 4) is 0 Å². The average Bonchev–Trinajstić information content (AvgIpc) is 2.73. The summed E-state index contributed by atoms with van der Waals surface area (Å²) in [6.07, 6.45) is 2.36. The van der Waals surface area contributed by atoms with Crippen LogP contribution in [0.3, 0.4) is 0 Å². The van der Waals surface area contributed by atoms with Crippen molar-refractivity contribution in [3.63, 3.8) is 0 Å². The predicted octanol–water partition coefficient (Wildman–Crippen LogP) is 2.97. The number of morpholine rings is 1. The molecule has 1 aromatic heterocycles. The fourth-order valence-corrected chi connectivity index (χ4v) is 4.58. The van der Waals surface area contributed by atoms with E-state index in [1.807, 2.05) is 0 Å². The highest BCUT2D eigenvalue weighted by Crippen LogP contribution is 2.30. The van der Waals surface area contributed by atoms with E-state index in [2.05, 4.69) is 47.9 Å². The van der Waals surface area contributed by atoms with Gasteiger partial charge in [-0.3, -0.25) is 4.90 Å². The number of rotatable bonds is 4. The van der Waals surface area contributed by atoms with Gasteiger partial charge < -0.3 is 14.7 Å². The van der Waals surface area contributed by atoms with Gasteiger partial charge in [-0.1, -0.05) is 12.1 Å².